The van der Waals surface area contributed by atoms with E-state index in [1.165, 1.54) is 22.8 Å². The minimum atomic E-state index is -0.461. The van der Waals surface area contributed by atoms with E-state index in [1.54, 1.807) is 28.8 Å². The first-order chi connectivity index (χ1) is 13.9. The summed E-state index contributed by atoms with van der Waals surface area (Å²) >= 11 is 1.33. The molecular formula is C21H20FN5OS. The van der Waals surface area contributed by atoms with Crippen molar-refractivity contribution in [3.05, 3.63) is 58.7 Å². The molecule has 0 saturated carbocycles. The van der Waals surface area contributed by atoms with Crippen molar-refractivity contribution in [3.63, 3.8) is 0 Å². The molecule has 2 aliphatic rings. The van der Waals surface area contributed by atoms with Crippen molar-refractivity contribution in [1.29, 1.82) is 5.41 Å². The van der Waals surface area contributed by atoms with Gasteiger partial charge in [0.25, 0.3) is 5.91 Å². The number of hydrogen-bond donors (Lipinski definition) is 1. The van der Waals surface area contributed by atoms with Crippen LogP contribution in [0.3, 0.4) is 0 Å². The lowest BCUT2D eigenvalue weighted by atomic mass is 10.1. The Morgan fingerprint density at radius 3 is 2.76 bits per heavy atom. The van der Waals surface area contributed by atoms with Gasteiger partial charge in [-0.25, -0.2) is 4.39 Å². The molecule has 29 heavy (non-hydrogen) atoms. The van der Waals surface area contributed by atoms with Crippen molar-refractivity contribution in [2.45, 2.75) is 33.6 Å². The number of aryl methyl sites for hydroxylation is 1. The average molecular weight is 409 g/mol. The van der Waals surface area contributed by atoms with Crippen LogP contribution >= 0.6 is 11.8 Å². The number of nitrogens with zero attached hydrogens (tertiary/aromatic N) is 4. The Morgan fingerprint density at radius 2 is 2.03 bits per heavy atom. The highest BCUT2D eigenvalue weighted by atomic mass is 32.2. The normalized spacial score (nSPS) is 17.7. The fraction of sp³-hybridized carbons (Fsp3) is 0.238. The van der Waals surface area contributed by atoms with E-state index in [4.69, 9.17) is 5.41 Å². The molecule has 8 heteroatoms. The molecule has 148 valence electrons. The van der Waals surface area contributed by atoms with Gasteiger partial charge in [0.1, 0.15) is 10.9 Å². The van der Waals surface area contributed by atoms with Crippen LogP contribution in [0.5, 0.6) is 0 Å². The van der Waals surface area contributed by atoms with Gasteiger partial charge in [0.05, 0.1) is 11.3 Å². The molecule has 1 aromatic carbocycles. The van der Waals surface area contributed by atoms with Crippen molar-refractivity contribution >= 4 is 39.8 Å². The molecule has 0 fully saturated rings. The number of nitrogens with one attached hydrogen (secondary N) is 1. The van der Waals surface area contributed by atoms with Crippen molar-refractivity contribution < 1.29 is 9.18 Å². The highest BCUT2D eigenvalue weighted by Crippen LogP contribution is 2.31. The third-order valence-electron chi connectivity index (χ3n) is 4.82. The summed E-state index contributed by atoms with van der Waals surface area (Å²) in [5, 5.41) is 15.6. The molecule has 0 aliphatic carbocycles. The number of hydrazone groups is 1. The van der Waals surface area contributed by atoms with Gasteiger partial charge in [-0.2, -0.15) is 15.1 Å². The van der Waals surface area contributed by atoms with Crippen molar-refractivity contribution in [3.8, 4) is 5.69 Å². The second-order valence-electron chi connectivity index (χ2n) is 6.88. The second kappa shape index (κ2) is 7.44. The van der Waals surface area contributed by atoms with E-state index in [9.17, 15) is 9.18 Å². The lowest BCUT2D eigenvalue weighted by Crippen LogP contribution is -2.35. The summed E-state index contributed by atoms with van der Waals surface area (Å²) in [6.45, 7) is 5.79. The van der Waals surface area contributed by atoms with E-state index in [1.807, 2.05) is 19.9 Å². The summed E-state index contributed by atoms with van der Waals surface area (Å²) in [7, 11) is 0. The minimum Gasteiger partial charge on any atom is -0.315 e. The second-order valence-corrected chi connectivity index (χ2v) is 7.92. The third-order valence-corrected chi connectivity index (χ3v) is 5.79. The maximum Gasteiger partial charge on any atom is 0.283 e. The van der Waals surface area contributed by atoms with E-state index >= 15 is 0 Å². The first-order valence-electron chi connectivity index (χ1n) is 9.33. The molecule has 1 N–H and O–H groups in total. The Bertz CT molecular complexity index is 1130. The molecule has 1 amide bonds. The molecule has 1 aromatic heterocycles. The minimum absolute atomic E-state index is 0.00861. The summed E-state index contributed by atoms with van der Waals surface area (Å²) in [6, 6.07) is 8.43. The lowest BCUT2D eigenvalue weighted by molar-refractivity contribution is -0.114. The van der Waals surface area contributed by atoms with E-state index in [0.717, 1.165) is 34.8 Å². The predicted octanol–water partition coefficient (Wildman–Crippen LogP) is 4.65. The van der Waals surface area contributed by atoms with Gasteiger partial charge in [-0.3, -0.25) is 10.2 Å². The first kappa shape index (κ1) is 19.3. The maximum absolute atomic E-state index is 14.3. The predicted molar refractivity (Wildman–Crippen MR) is 115 cm³/mol. The molecule has 0 atom stereocenters. The zero-order valence-corrected chi connectivity index (χ0v) is 17.2. The number of halogens is 1. The number of benzene rings is 1. The van der Waals surface area contributed by atoms with E-state index in [-0.39, 0.29) is 17.2 Å². The number of hydrogen-bond acceptors (Lipinski definition) is 4. The summed E-state index contributed by atoms with van der Waals surface area (Å²) in [5.74, 6) is -0.775. The van der Waals surface area contributed by atoms with Crippen molar-refractivity contribution in [2.75, 3.05) is 0 Å². The Kier molecular flexibility index (Phi) is 4.96. The number of amides is 1. The Labute approximate surface area is 172 Å². The molecule has 0 spiro atoms. The number of amidine groups is 2. The summed E-state index contributed by atoms with van der Waals surface area (Å²) < 4.78 is 16.1. The zero-order chi connectivity index (χ0) is 20.7. The summed E-state index contributed by atoms with van der Waals surface area (Å²) in [6.07, 6.45) is 3.35. The number of carbonyl (C=O) groups excluding carboxylic acids is 1. The summed E-state index contributed by atoms with van der Waals surface area (Å²) in [4.78, 5) is 16.7. The van der Waals surface area contributed by atoms with Crippen LogP contribution in [0.2, 0.25) is 0 Å². The Morgan fingerprint density at radius 1 is 1.28 bits per heavy atom. The molecule has 6 nitrogen and oxygen atoms in total. The maximum atomic E-state index is 14.3. The number of carbonyl (C=O) groups is 1. The number of para-hydroxylation sites is 1. The first-order valence-corrected chi connectivity index (χ1v) is 10.1. The Balaban J connectivity index is 1.74. The number of thioether (sulfide) groups is 1. The number of aromatic nitrogens is 1. The fourth-order valence-electron chi connectivity index (χ4n) is 3.44. The van der Waals surface area contributed by atoms with Crippen molar-refractivity contribution in [2.24, 2.45) is 10.1 Å². The van der Waals surface area contributed by atoms with Crippen molar-refractivity contribution in [1.82, 2.24) is 9.58 Å². The summed E-state index contributed by atoms with van der Waals surface area (Å²) in [5.41, 5.74) is 2.97. The molecule has 0 radical (unpaired) electrons. The SMILES string of the molecule is CCCC1=NN2C(=N)/C(=C\c3cc(C)n(-c4ccccc4F)c3C)C(=O)N=C2S1. The molecule has 0 saturated heterocycles. The molecule has 3 heterocycles. The fourth-order valence-corrected chi connectivity index (χ4v) is 4.43. The molecular weight excluding hydrogens is 389 g/mol. The Hall–Kier alpha value is -3.00. The number of aliphatic imine (C=N–C) groups is 1. The van der Waals surface area contributed by atoms with Crippen LogP contribution in [0.25, 0.3) is 11.8 Å². The lowest BCUT2D eigenvalue weighted by Gasteiger charge is -2.20. The van der Waals surface area contributed by atoms with Gasteiger partial charge in [-0.05, 0) is 68.3 Å². The van der Waals surface area contributed by atoms with Crippen LogP contribution in [0, 0.1) is 25.1 Å². The van der Waals surface area contributed by atoms with Crippen LogP contribution in [-0.4, -0.2) is 31.5 Å². The highest BCUT2D eigenvalue weighted by Gasteiger charge is 2.35. The molecule has 2 aliphatic heterocycles. The van der Waals surface area contributed by atoms with E-state index in [2.05, 4.69) is 17.0 Å². The molecule has 2 aromatic rings. The largest absolute Gasteiger partial charge is 0.315 e. The number of fused-ring (bicyclic) bond motifs is 1. The number of rotatable bonds is 4. The van der Waals surface area contributed by atoms with Gasteiger partial charge in [0, 0.05) is 11.4 Å². The molecule has 0 bridgehead atoms. The third kappa shape index (κ3) is 3.33. The standard InChI is InChI=1S/C21H20FN5OS/c1-4-7-18-25-27-19(23)15(20(28)24-21(27)29-18)11-14-10-12(2)26(13(14)3)17-9-6-5-8-16(17)22/h5-6,8-11,23H,4,7H2,1-3H3/b15-11+,23-19?. The quantitative estimate of drug-likeness (QED) is 0.747. The van der Waals surface area contributed by atoms with Crippen LogP contribution in [-0.2, 0) is 4.79 Å². The van der Waals surface area contributed by atoms with Crippen LogP contribution in [0.1, 0.15) is 36.7 Å². The monoisotopic (exact) mass is 409 g/mol. The average Bonchev–Trinajstić information content (AvgIpc) is 3.20. The molecule has 0 unspecified atom stereocenters. The van der Waals surface area contributed by atoms with Gasteiger partial charge in [-0.1, -0.05) is 19.1 Å². The smallest absolute Gasteiger partial charge is 0.283 e. The van der Waals surface area contributed by atoms with E-state index in [0.29, 0.717) is 10.9 Å². The van der Waals surface area contributed by atoms with Gasteiger partial charge in [0.15, 0.2) is 5.84 Å². The van der Waals surface area contributed by atoms with Crippen LogP contribution in [0.15, 0.2) is 46.0 Å². The molecule has 4 rings (SSSR count). The van der Waals surface area contributed by atoms with Gasteiger partial charge < -0.3 is 4.57 Å². The van der Waals surface area contributed by atoms with Crippen LogP contribution in [0.4, 0.5) is 4.39 Å². The van der Waals surface area contributed by atoms with Gasteiger partial charge in [-0.15, -0.1) is 0 Å². The van der Waals surface area contributed by atoms with Gasteiger partial charge >= 0.3 is 0 Å². The zero-order valence-electron chi connectivity index (χ0n) is 16.4. The topological polar surface area (TPSA) is 73.8 Å². The van der Waals surface area contributed by atoms with Gasteiger partial charge in [0.2, 0.25) is 5.17 Å². The van der Waals surface area contributed by atoms with Crippen LogP contribution < -0.4 is 0 Å². The highest BCUT2D eigenvalue weighted by molar-refractivity contribution is 8.26. The van der Waals surface area contributed by atoms with E-state index < -0.39 is 5.91 Å².